The average molecular weight is 334 g/mol. The molecule has 0 atom stereocenters. The van der Waals surface area contributed by atoms with Crippen LogP contribution in [-0.4, -0.2) is 10.9 Å². The van der Waals surface area contributed by atoms with Crippen LogP contribution in [0.1, 0.15) is 12.0 Å². The number of carbonyl (C=O) groups is 1. The molecule has 6 heteroatoms. The van der Waals surface area contributed by atoms with Gasteiger partial charge >= 0.3 is 0 Å². The van der Waals surface area contributed by atoms with E-state index in [9.17, 15) is 4.79 Å². The predicted octanol–water partition coefficient (Wildman–Crippen LogP) is 3.10. The van der Waals surface area contributed by atoms with E-state index in [0.29, 0.717) is 30.0 Å². The Morgan fingerprint density at radius 1 is 1.25 bits per heavy atom. The summed E-state index contributed by atoms with van der Waals surface area (Å²) in [7, 11) is 0. The Morgan fingerprint density at radius 3 is 2.90 bits per heavy atom. The maximum Gasteiger partial charge on any atom is 0.224 e. The number of nitrogens with zero attached hydrogens (tertiary/aromatic N) is 1. The van der Waals surface area contributed by atoms with E-state index in [-0.39, 0.29) is 5.91 Å². The molecule has 0 aliphatic carbocycles. The Kier molecular flexibility index (Phi) is 3.31. The van der Waals surface area contributed by atoms with Crippen molar-refractivity contribution in [3.8, 4) is 11.5 Å². The maximum absolute atomic E-state index is 11.4. The standard InChI is InChI=1S/C14H12BrN3O2/c15-9-4-10(7-17-6-9)20-13-3-8-1-2-14(19)18-12(8)5-11(13)16/h3-7H,1-2,16H2,(H,18,19). The monoisotopic (exact) mass is 333 g/mol. The van der Waals surface area contributed by atoms with Gasteiger partial charge in [-0.05, 0) is 46.1 Å². The molecule has 0 bridgehead atoms. The highest BCUT2D eigenvalue weighted by atomic mass is 79.9. The van der Waals surface area contributed by atoms with E-state index in [1.54, 1.807) is 18.5 Å². The Labute approximate surface area is 124 Å². The van der Waals surface area contributed by atoms with Crippen LogP contribution >= 0.6 is 15.9 Å². The number of hydrogen-bond donors (Lipinski definition) is 2. The molecule has 0 fully saturated rings. The molecular formula is C14H12BrN3O2. The highest BCUT2D eigenvalue weighted by Crippen LogP contribution is 2.35. The predicted molar refractivity (Wildman–Crippen MR) is 79.8 cm³/mol. The van der Waals surface area contributed by atoms with Gasteiger partial charge in [-0.2, -0.15) is 0 Å². The molecule has 2 heterocycles. The van der Waals surface area contributed by atoms with Crippen LogP contribution in [0.5, 0.6) is 11.5 Å². The van der Waals surface area contributed by atoms with Gasteiger partial charge in [-0.25, -0.2) is 0 Å². The molecule has 0 spiro atoms. The first kappa shape index (κ1) is 12.9. The summed E-state index contributed by atoms with van der Waals surface area (Å²) in [6, 6.07) is 5.41. The van der Waals surface area contributed by atoms with Gasteiger partial charge in [0, 0.05) is 22.8 Å². The second-order valence-electron chi connectivity index (χ2n) is 4.54. The van der Waals surface area contributed by atoms with Crippen LogP contribution in [0.25, 0.3) is 0 Å². The summed E-state index contributed by atoms with van der Waals surface area (Å²) in [5.41, 5.74) is 8.23. The molecule has 5 nitrogen and oxygen atoms in total. The quantitative estimate of drug-likeness (QED) is 0.828. The van der Waals surface area contributed by atoms with E-state index in [1.165, 1.54) is 0 Å². The molecule has 2 aromatic rings. The zero-order valence-corrected chi connectivity index (χ0v) is 12.1. The fraction of sp³-hybridized carbons (Fsp3) is 0.143. The summed E-state index contributed by atoms with van der Waals surface area (Å²) in [4.78, 5) is 15.4. The third-order valence-electron chi connectivity index (χ3n) is 3.04. The van der Waals surface area contributed by atoms with Gasteiger partial charge in [-0.3, -0.25) is 9.78 Å². The number of nitrogens with two attached hydrogens (primary N) is 1. The first-order chi connectivity index (χ1) is 9.61. The van der Waals surface area contributed by atoms with Crippen LogP contribution in [0, 0.1) is 0 Å². The van der Waals surface area contributed by atoms with Crippen molar-refractivity contribution in [2.45, 2.75) is 12.8 Å². The largest absolute Gasteiger partial charge is 0.454 e. The van der Waals surface area contributed by atoms with E-state index in [4.69, 9.17) is 10.5 Å². The van der Waals surface area contributed by atoms with Crippen LogP contribution in [0.3, 0.4) is 0 Å². The number of amides is 1. The lowest BCUT2D eigenvalue weighted by Gasteiger charge is -2.19. The number of hydrogen-bond acceptors (Lipinski definition) is 4. The number of rotatable bonds is 2. The molecule has 0 radical (unpaired) electrons. The fourth-order valence-electron chi connectivity index (χ4n) is 2.09. The maximum atomic E-state index is 11.4. The molecule has 1 aromatic heterocycles. The third kappa shape index (κ3) is 2.60. The van der Waals surface area contributed by atoms with E-state index in [1.807, 2.05) is 12.1 Å². The van der Waals surface area contributed by atoms with Crippen LogP contribution in [0.4, 0.5) is 11.4 Å². The van der Waals surface area contributed by atoms with Crippen molar-refractivity contribution >= 4 is 33.2 Å². The van der Waals surface area contributed by atoms with Crippen molar-refractivity contribution in [1.82, 2.24) is 4.98 Å². The van der Waals surface area contributed by atoms with Gasteiger partial charge in [-0.1, -0.05) is 0 Å². The highest BCUT2D eigenvalue weighted by molar-refractivity contribution is 9.10. The van der Waals surface area contributed by atoms with Crippen molar-refractivity contribution in [3.63, 3.8) is 0 Å². The SMILES string of the molecule is Nc1cc2c(cc1Oc1cncc(Br)c1)CCC(=O)N2. The molecule has 3 rings (SSSR count). The van der Waals surface area contributed by atoms with Crippen LogP contribution in [-0.2, 0) is 11.2 Å². The molecule has 20 heavy (non-hydrogen) atoms. The highest BCUT2D eigenvalue weighted by Gasteiger charge is 2.17. The summed E-state index contributed by atoms with van der Waals surface area (Å²) in [5.74, 6) is 1.19. The number of carbonyl (C=O) groups excluding carboxylic acids is 1. The molecule has 1 aliphatic rings. The number of aryl methyl sites for hydroxylation is 1. The minimum Gasteiger partial charge on any atom is -0.454 e. The van der Waals surface area contributed by atoms with Crippen LogP contribution < -0.4 is 15.8 Å². The Morgan fingerprint density at radius 2 is 2.10 bits per heavy atom. The van der Waals surface area contributed by atoms with Crippen LogP contribution in [0.15, 0.2) is 35.1 Å². The summed E-state index contributed by atoms with van der Waals surface area (Å²) < 4.78 is 6.58. The van der Waals surface area contributed by atoms with Crippen molar-refractivity contribution in [3.05, 3.63) is 40.6 Å². The molecule has 1 aliphatic heterocycles. The van der Waals surface area contributed by atoms with E-state index < -0.39 is 0 Å². The van der Waals surface area contributed by atoms with Crippen molar-refractivity contribution in [2.75, 3.05) is 11.1 Å². The number of fused-ring (bicyclic) bond motifs is 1. The number of nitrogens with one attached hydrogen (secondary N) is 1. The minimum atomic E-state index is 0.0155. The average Bonchev–Trinajstić information content (AvgIpc) is 2.40. The zero-order chi connectivity index (χ0) is 14.1. The normalized spacial score (nSPS) is 13.6. The van der Waals surface area contributed by atoms with Crippen molar-refractivity contribution in [1.29, 1.82) is 0 Å². The molecule has 1 aromatic carbocycles. The second kappa shape index (κ2) is 5.13. The summed E-state index contributed by atoms with van der Waals surface area (Å²) in [6.07, 6.45) is 4.47. The Hall–Kier alpha value is -2.08. The zero-order valence-electron chi connectivity index (χ0n) is 10.5. The fourth-order valence-corrected chi connectivity index (χ4v) is 2.43. The Balaban J connectivity index is 1.92. The summed E-state index contributed by atoms with van der Waals surface area (Å²) >= 11 is 3.34. The van der Waals surface area contributed by atoms with Crippen molar-refractivity contribution < 1.29 is 9.53 Å². The smallest absolute Gasteiger partial charge is 0.224 e. The lowest BCUT2D eigenvalue weighted by atomic mass is 10.0. The number of halogens is 1. The van der Waals surface area contributed by atoms with Crippen molar-refractivity contribution in [2.24, 2.45) is 0 Å². The Bertz CT molecular complexity index is 688. The van der Waals surface area contributed by atoms with Gasteiger partial charge in [0.2, 0.25) is 5.91 Å². The summed E-state index contributed by atoms with van der Waals surface area (Å²) in [5, 5.41) is 2.81. The lowest BCUT2D eigenvalue weighted by Crippen LogP contribution is -2.19. The van der Waals surface area contributed by atoms with E-state index in [0.717, 1.165) is 15.7 Å². The lowest BCUT2D eigenvalue weighted by molar-refractivity contribution is -0.116. The first-order valence-corrected chi connectivity index (χ1v) is 6.92. The molecule has 0 unspecified atom stereocenters. The number of pyridine rings is 1. The molecule has 3 N–H and O–H groups in total. The molecule has 0 saturated heterocycles. The van der Waals surface area contributed by atoms with Gasteiger partial charge in [0.25, 0.3) is 0 Å². The number of anilines is 2. The number of nitrogen functional groups attached to an aromatic ring is 1. The van der Waals surface area contributed by atoms with Gasteiger partial charge in [0.05, 0.1) is 11.9 Å². The first-order valence-electron chi connectivity index (χ1n) is 6.12. The number of benzene rings is 1. The minimum absolute atomic E-state index is 0.0155. The van der Waals surface area contributed by atoms with Gasteiger partial charge in [0.1, 0.15) is 5.75 Å². The molecule has 1 amide bonds. The second-order valence-corrected chi connectivity index (χ2v) is 5.45. The van der Waals surface area contributed by atoms with Gasteiger partial charge < -0.3 is 15.8 Å². The van der Waals surface area contributed by atoms with Crippen LogP contribution in [0.2, 0.25) is 0 Å². The third-order valence-corrected chi connectivity index (χ3v) is 3.47. The number of ether oxygens (including phenoxy) is 1. The van der Waals surface area contributed by atoms with E-state index >= 15 is 0 Å². The number of aromatic nitrogens is 1. The van der Waals surface area contributed by atoms with Gasteiger partial charge in [0.15, 0.2) is 5.75 Å². The molecule has 0 saturated carbocycles. The topological polar surface area (TPSA) is 77.2 Å². The summed E-state index contributed by atoms with van der Waals surface area (Å²) in [6.45, 7) is 0. The van der Waals surface area contributed by atoms with Gasteiger partial charge in [-0.15, -0.1) is 0 Å². The molecular weight excluding hydrogens is 322 g/mol. The molecule has 102 valence electrons. The van der Waals surface area contributed by atoms with E-state index in [2.05, 4.69) is 26.2 Å².